The number of unbranched alkanes of at least 4 members (excludes halogenated alkanes) is 14. The highest BCUT2D eigenvalue weighted by atomic mass is 16.6. The van der Waals surface area contributed by atoms with Crippen LogP contribution in [0.3, 0.4) is 0 Å². The Kier molecular flexibility index (Phi) is 23.4. The highest BCUT2D eigenvalue weighted by molar-refractivity contribution is 5.87. The number of hydrogen-bond donors (Lipinski definition) is 0. The van der Waals surface area contributed by atoms with Crippen molar-refractivity contribution in [3.8, 4) is 0 Å². The summed E-state index contributed by atoms with van der Waals surface area (Å²) in [5, 5.41) is 0. The Morgan fingerprint density at radius 1 is 0.500 bits per heavy atom. The van der Waals surface area contributed by atoms with Gasteiger partial charge in [0.15, 0.2) is 12.4 Å². The van der Waals surface area contributed by atoms with E-state index in [0.29, 0.717) is 0 Å². The summed E-state index contributed by atoms with van der Waals surface area (Å²) in [7, 11) is 0. The fraction of sp³-hybridized carbons (Fsp3) is 0.941. The second-order valence-corrected chi connectivity index (χ2v) is 12.3. The normalized spacial score (nSPS) is 12.2. The zero-order chi connectivity index (χ0) is 28.5. The average Bonchev–Trinajstić information content (AvgIpc) is 2.91. The van der Waals surface area contributed by atoms with Gasteiger partial charge >= 0.3 is 5.97 Å². The van der Waals surface area contributed by atoms with Crippen molar-refractivity contribution in [2.75, 3.05) is 13.2 Å². The van der Waals surface area contributed by atoms with Crippen LogP contribution in [-0.2, 0) is 19.1 Å². The van der Waals surface area contributed by atoms with Gasteiger partial charge < -0.3 is 9.47 Å². The third-order valence-corrected chi connectivity index (χ3v) is 8.36. The van der Waals surface area contributed by atoms with E-state index in [1.807, 2.05) is 0 Å². The van der Waals surface area contributed by atoms with Crippen LogP contribution in [0.25, 0.3) is 0 Å². The first-order valence-corrected chi connectivity index (χ1v) is 16.6. The van der Waals surface area contributed by atoms with Gasteiger partial charge in [-0.15, -0.1) is 0 Å². The van der Waals surface area contributed by atoms with Crippen LogP contribution in [0.4, 0.5) is 0 Å². The quantitative estimate of drug-likeness (QED) is 0.0734. The molecule has 0 N–H and O–H groups in total. The summed E-state index contributed by atoms with van der Waals surface area (Å²) >= 11 is 0. The second-order valence-electron chi connectivity index (χ2n) is 12.3. The first kappa shape index (κ1) is 37.1. The maximum atomic E-state index is 13.2. The number of carbonyl (C=O) groups excluding carboxylic acids is 2. The Hall–Kier alpha value is -0.900. The molecule has 0 saturated heterocycles. The minimum absolute atomic E-state index is 0.0581. The lowest BCUT2D eigenvalue weighted by Crippen LogP contribution is -2.35. The number of ether oxygens (including phenoxy) is 2. The fourth-order valence-corrected chi connectivity index (χ4v) is 5.36. The van der Waals surface area contributed by atoms with Gasteiger partial charge in [-0.2, -0.15) is 0 Å². The molecule has 0 spiro atoms. The Bertz CT molecular complexity index is 545. The molecule has 0 amide bonds. The Morgan fingerprint density at radius 2 is 0.868 bits per heavy atom. The second kappa shape index (κ2) is 23.9. The van der Waals surface area contributed by atoms with Crippen molar-refractivity contribution >= 4 is 11.8 Å². The van der Waals surface area contributed by atoms with Crippen LogP contribution in [0.2, 0.25) is 0 Å². The van der Waals surface area contributed by atoms with E-state index in [-0.39, 0.29) is 24.6 Å². The molecule has 0 aliphatic heterocycles. The molecule has 0 aromatic rings. The molecule has 226 valence electrons. The zero-order valence-corrected chi connectivity index (χ0v) is 26.6. The van der Waals surface area contributed by atoms with Gasteiger partial charge in [0.1, 0.15) is 6.61 Å². The number of esters is 1. The largest absolute Gasteiger partial charge is 0.456 e. The molecule has 4 heteroatoms. The van der Waals surface area contributed by atoms with Crippen molar-refractivity contribution in [1.82, 2.24) is 0 Å². The van der Waals surface area contributed by atoms with Crippen LogP contribution >= 0.6 is 0 Å². The number of Topliss-reactive ketones (excluding diaryl/α,β-unsaturated/α-hetero) is 1. The molecule has 0 rings (SSSR count). The van der Waals surface area contributed by atoms with Crippen molar-refractivity contribution in [3.05, 3.63) is 0 Å². The third kappa shape index (κ3) is 19.2. The predicted molar refractivity (Wildman–Crippen MR) is 163 cm³/mol. The van der Waals surface area contributed by atoms with Crippen LogP contribution < -0.4 is 0 Å². The minimum atomic E-state index is -0.402. The van der Waals surface area contributed by atoms with Crippen LogP contribution in [0.5, 0.6) is 0 Å². The van der Waals surface area contributed by atoms with Gasteiger partial charge in [-0.1, -0.05) is 150 Å². The standard InChI is InChI=1S/C34H66O4/c1-7-11-15-19-23-27-34(6,28-24-20-16-12-8-2)38-30-32(36)37-29-31(35)33(5,25-21-17-13-9-3)26-22-18-14-10-4/h7-30H2,1-6H3. The van der Waals surface area contributed by atoms with E-state index in [9.17, 15) is 9.59 Å². The van der Waals surface area contributed by atoms with Gasteiger partial charge in [-0.25, -0.2) is 4.79 Å². The van der Waals surface area contributed by atoms with E-state index in [0.717, 1.165) is 64.2 Å². The number of ketones is 1. The monoisotopic (exact) mass is 538 g/mol. The Labute approximate surface area is 237 Å². The molecule has 0 fully saturated rings. The van der Waals surface area contributed by atoms with Gasteiger partial charge in [0.25, 0.3) is 0 Å². The smallest absolute Gasteiger partial charge is 0.332 e. The SMILES string of the molecule is CCCCCCCC(C)(CCCCCCC)OCC(=O)OCC(=O)C(C)(CCCCCC)CCCCCC. The summed E-state index contributed by atoms with van der Waals surface area (Å²) in [5.74, 6) is -0.325. The summed E-state index contributed by atoms with van der Waals surface area (Å²) in [5.41, 5.74) is -0.692. The molecule has 0 aliphatic carbocycles. The van der Waals surface area contributed by atoms with Gasteiger partial charge in [0.2, 0.25) is 0 Å². The van der Waals surface area contributed by atoms with Crippen LogP contribution in [0, 0.1) is 5.41 Å². The summed E-state index contributed by atoms with van der Waals surface area (Å²) in [6, 6.07) is 0. The van der Waals surface area contributed by atoms with Gasteiger partial charge in [0, 0.05) is 5.41 Å². The van der Waals surface area contributed by atoms with Crippen molar-refractivity contribution in [3.63, 3.8) is 0 Å². The molecule has 4 nitrogen and oxygen atoms in total. The number of carbonyl (C=O) groups is 2. The van der Waals surface area contributed by atoms with E-state index in [2.05, 4.69) is 41.5 Å². The lowest BCUT2D eigenvalue weighted by molar-refractivity contribution is -0.160. The molecule has 0 aromatic heterocycles. The summed E-state index contributed by atoms with van der Waals surface area (Å²) in [6.45, 7) is 13.0. The average molecular weight is 539 g/mol. The Morgan fingerprint density at radius 3 is 1.29 bits per heavy atom. The minimum Gasteiger partial charge on any atom is -0.456 e. The van der Waals surface area contributed by atoms with E-state index in [1.165, 1.54) is 77.0 Å². The molecule has 0 aliphatic rings. The predicted octanol–water partition coefficient (Wildman–Crippen LogP) is 10.5. The highest BCUT2D eigenvalue weighted by Gasteiger charge is 2.33. The summed E-state index contributed by atoms with van der Waals surface area (Å²) in [4.78, 5) is 25.9. The molecule has 0 atom stereocenters. The lowest BCUT2D eigenvalue weighted by atomic mass is 9.76. The highest BCUT2D eigenvalue weighted by Crippen LogP contribution is 2.33. The van der Waals surface area contributed by atoms with Crippen LogP contribution in [0.1, 0.15) is 183 Å². The molecule has 0 heterocycles. The molecule has 0 unspecified atom stereocenters. The van der Waals surface area contributed by atoms with Gasteiger partial charge in [0.05, 0.1) is 5.60 Å². The van der Waals surface area contributed by atoms with E-state index in [4.69, 9.17) is 9.47 Å². The van der Waals surface area contributed by atoms with Crippen molar-refractivity contribution in [1.29, 1.82) is 0 Å². The lowest BCUT2D eigenvalue weighted by Gasteiger charge is -2.30. The molecule has 0 aromatic carbocycles. The van der Waals surface area contributed by atoms with Gasteiger partial charge in [-0.3, -0.25) is 4.79 Å². The zero-order valence-electron chi connectivity index (χ0n) is 26.6. The fourth-order valence-electron chi connectivity index (χ4n) is 5.36. The molecule has 0 radical (unpaired) electrons. The molecular formula is C34H66O4. The number of hydrogen-bond acceptors (Lipinski definition) is 4. The molecule has 0 saturated carbocycles. The summed E-state index contributed by atoms with van der Waals surface area (Å²) in [6.07, 6.45) is 25.3. The first-order valence-electron chi connectivity index (χ1n) is 16.6. The first-order chi connectivity index (χ1) is 18.3. The molecule has 0 bridgehead atoms. The van der Waals surface area contributed by atoms with Crippen molar-refractivity contribution in [2.45, 2.75) is 188 Å². The molecular weight excluding hydrogens is 472 g/mol. The Balaban J connectivity index is 4.82. The topological polar surface area (TPSA) is 52.6 Å². The van der Waals surface area contributed by atoms with Crippen molar-refractivity contribution < 1.29 is 19.1 Å². The number of rotatable bonds is 28. The maximum absolute atomic E-state index is 13.2. The third-order valence-electron chi connectivity index (χ3n) is 8.36. The van der Waals surface area contributed by atoms with E-state index >= 15 is 0 Å². The van der Waals surface area contributed by atoms with Crippen LogP contribution in [0.15, 0.2) is 0 Å². The maximum Gasteiger partial charge on any atom is 0.332 e. The van der Waals surface area contributed by atoms with Crippen LogP contribution in [-0.4, -0.2) is 30.6 Å². The van der Waals surface area contributed by atoms with Gasteiger partial charge in [-0.05, 0) is 32.6 Å². The van der Waals surface area contributed by atoms with E-state index < -0.39 is 11.4 Å². The summed E-state index contributed by atoms with van der Waals surface area (Å²) < 4.78 is 11.7. The van der Waals surface area contributed by atoms with E-state index in [1.54, 1.807) is 0 Å². The molecule has 38 heavy (non-hydrogen) atoms. The van der Waals surface area contributed by atoms with Crippen molar-refractivity contribution in [2.24, 2.45) is 5.41 Å².